The Morgan fingerprint density at radius 2 is 0.517 bits per heavy atom. The summed E-state index contributed by atoms with van der Waals surface area (Å²) in [6, 6.07) is 55.8. The summed E-state index contributed by atoms with van der Waals surface area (Å²) in [6.07, 6.45) is 53.8. The maximum atomic E-state index is 12.1. The summed E-state index contributed by atoms with van der Waals surface area (Å²) in [4.78, 5) is 7.03. The van der Waals surface area contributed by atoms with Crippen molar-refractivity contribution in [2.45, 2.75) is 457 Å². The van der Waals surface area contributed by atoms with E-state index in [-0.39, 0.29) is 15.7 Å². The number of hydrogen-bond donors (Lipinski definition) is 2. The standard InChI is InChI=1S/C23H37NO2S.C22H37NO2S.C22H36OS.C21H35NO2S.C21H35NOS.C20H33NOS/c1-19(2)27(25,26)18-22-10-8-20(9-11-22)6-7-21-12-14-23(15-13-21)24-16-4-3-5-17-24;1-5-23(6-2)22-15-13-20(14-16-22)8-7-19-9-11-21(12-10-19)17-26(24,25)18(3)4;1-4-5-6-19-7-9-20(10-8-19)11-12-21-13-15-22(16-14-21)17-24(23)18(2)3;1-4-5-6-18-7-9-19(10-8-18)15-22-21-13-11-20(12-14-21)16-25(23,24)17(2)3;1-4-5-6-18-7-9-19(10-8-18)15-22-21-13-11-20(12-14-21)16-24(23)17(2)3;1-16(2)23(22)15-19-9-7-17(8-10-19)5-6-18-11-13-20(14-12-18)21(3)4/h12-15,19-20,22H,3-11,16-18H2,1-2H3;13-16,18-19,21H,5-12,17H2,1-4H3;7-10,18,21-22H,4-6,11-17H2,1-3H3;7-10,17,20-22H,4-6,11-16H2,1-3H3;7-10,17,20-22H,4-6,11-16H2,1-3H3;11-14,16-17,19H,5-10,15H2,1-4H3. The molecule has 0 radical (unpaired) electrons. The molecule has 6 aliphatic carbocycles. The summed E-state index contributed by atoms with van der Waals surface area (Å²) in [5, 5.41) is 7.61. The zero-order valence-corrected chi connectivity index (χ0v) is 102. The Morgan fingerprint density at radius 1 is 0.289 bits per heavy atom. The molecule has 6 aromatic rings. The van der Waals surface area contributed by atoms with Gasteiger partial charge in [-0.25, -0.2) is 25.3 Å². The quantitative estimate of drug-likeness (QED) is 0.0367. The topological polar surface area (TPSA) is 187 Å². The lowest BCUT2D eigenvalue weighted by molar-refractivity contribution is 0.278. The molecule has 7 aliphatic rings. The van der Waals surface area contributed by atoms with Crippen molar-refractivity contribution in [1.29, 1.82) is 0 Å². The van der Waals surface area contributed by atoms with Gasteiger partial charge in [0.05, 0.1) is 33.0 Å². The Labute approximate surface area is 921 Å². The minimum Gasteiger partial charge on any atom is -0.378 e. The van der Waals surface area contributed by atoms with Gasteiger partial charge in [-0.3, -0.25) is 12.6 Å². The van der Waals surface area contributed by atoms with E-state index in [4.69, 9.17) is 0 Å². The first-order chi connectivity index (χ1) is 71.3. The number of hydrogen-bond acceptors (Lipinski definition) is 14. The van der Waals surface area contributed by atoms with Crippen molar-refractivity contribution in [2.24, 2.45) is 59.2 Å². The Balaban J connectivity index is 0.000000218. The van der Waals surface area contributed by atoms with Gasteiger partial charge in [0.25, 0.3) is 0 Å². The van der Waals surface area contributed by atoms with Gasteiger partial charge in [-0.05, 0) is 413 Å². The van der Waals surface area contributed by atoms with Crippen molar-refractivity contribution in [3.8, 4) is 0 Å². The number of aryl methyl sites for hydroxylation is 7. The van der Waals surface area contributed by atoms with E-state index in [1.165, 1.54) is 299 Å². The predicted molar refractivity (Wildman–Crippen MR) is 650 cm³/mol. The van der Waals surface area contributed by atoms with Crippen molar-refractivity contribution in [2.75, 3.05) is 89.5 Å². The van der Waals surface area contributed by atoms with Crippen molar-refractivity contribution >= 4 is 79.0 Å². The number of piperidine rings is 1. The molecule has 3 unspecified atom stereocenters. The highest BCUT2D eigenvalue weighted by molar-refractivity contribution is 7.92. The van der Waals surface area contributed by atoms with Gasteiger partial charge in [0, 0.05) is 148 Å². The number of sulfone groups is 3. The summed E-state index contributed by atoms with van der Waals surface area (Å²) in [5.74, 6) is 10.4. The fourth-order valence-corrected chi connectivity index (χ4v) is 30.4. The third kappa shape index (κ3) is 50.2. The molecule has 0 bridgehead atoms. The van der Waals surface area contributed by atoms with Gasteiger partial charge in [-0.1, -0.05) is 242 Å². The molecular weight excluding hydrogens is 1960 g/mol. The van der Waals surface area contributed by atoms with Crippen LogP contribution in [0, 0.1) is 59.2 Å². The van der Waals surface area contributed by atoms with Gasteiger partial charge in [-0.2, -0.15) is 0 Å². The average Bonchev–Trinajstić information content (AvgIpc) is 0.858. The van der Waals surface area contributed by atoms with Crippen molar-refractivity contribution in [3.63, 3.8) is 0 Å². The van der Waals surface area contributed by atoms with Crippen molar-refractivity contribution in [3.05, 3.63) is 196 Å². The minimum absolute atomic E-state index is 0.233. The van der Waals surface area contributed by atoms with Crippen molar-refractivity contribution < 1.29 is 37.9 Å². The van der Waals surface area contributed by atoms with E-state index in [2.05, 4.69) is 261 Å². The van der Waals surface area contributed by atoms with E-state index < -0.39 is 61.9 Å². The van der Waals surface area contributed by atoms with Crippen LogP contribution in [-0.2, 0) is 120 Å². The molecule has 7 fully saturated rings. The van der Waals surface area contributed by atoms with E-state index in [9.17, 15) is 37.9 Å². The van der Waals surface area contributed by atoms with Crippen LogP contribution in [0.1, 0.15) is 405 Å². The van der Waals surface area contributed by atoms with E-state index >= 15 is 0 Å². The largest absolute Gasteiger partial charge is 0.378 e. The van der Waals surface area contributed by atoms with Gasteiger partial charge in [0.1, 0.15) is 0 Å². The summed E-state index contributed by atoms with van der Waals surface area (Å²) >= 11 is 0. The maximum Gasteiger partial charge on any atom is 0.152 e. The number of nitrogens with one attached hydrogen (secondary N) is 2. The van der Waals surface area contributed by atoms with E-state index in [1.807, 2.05) is 0 Å². The van der Waals surface area contributed by atoms with Crippen LogP contribution in [0.4, 0.5) is 17.1 Å². The molecule has 20 heteroatoms. The zero-order chi connectivity index (χ0) is 108. The van der Waals surface area contributed by atoms with Gasteiger partial charge in [0.2, 0.25) is 0 Å². The van der Waals surface area contributed by atoms with Crippen molar-refractivity contribution in [1.82, 2.24) is 10.6 Å². The molecule has 1 aliphatic heterocycles. The first-order valence-corrected chi connectivity index (χ1v) is 69.5. The SMILES string of the molecule is CC(C)S(=O)(=O)CC1CCC(CCc2ccc(N3CCCCC3)cc2)CC1.CC(C)S(=O)CC1CCC(CCc2ccc(N(C)C)cc2)CC1.CCCCc1ccc(CCC2CCC(CS(=O)C(C)C)CC2)cc1.CCCCc1ccc(CNC2CCC(CS(=O)(=O)C(C)C)CC2)cc1.CCCCc1ccc(CNC2CCC(CS(=O)C(C)C)CC2)cc1.CCN(CC)c1ccc(CCC2CCC(CS(=O)(=O)C(C)C)CC2)cc1. The van der Waals surface area contributed by atoms with Gasteiger partial charge in [-0.15, -0.1) is 0 Å². The molecule has 0 amide bonds. The molecule has 1 saturated heterocycles. The maximum absolute atomic E-state index is 12.1. The number of rotatable bonds is 50. The Morgan fingerprint density at radius 3 is 0.772 bits per heavy atom. The number of benzene rings is 6. The highest BCUT2D eigenvalue weighted by atomic mass is 32.2. The zero-order valence-electron chi connectivity index (χ0n) is 97.3. The first kappa shape index (κ1) is 129. The monoisotopic (exact) mass is 2170 g/mol. The minimum atomic E-state index is -2.90. The van der Waals surface area contributed by atoms with Crippen LogP contribution < -0.4 is 25.3 Å². The number of nitrogens with zero attached hydrogens (tertiary/aromatic N) is 3. The first-order valence-electron chi connectivity index (χ1n) is 60.2. The smallest absolute Gasteiger partial charge is 0.152 e. The molecule has 844 valence electrons. The number of unbranched alkanes of at least 4 members (excludes halogenated alkanes) is 3. The third-order valence-corrected chi connectivity index (χ3v) is 46.8. The molecule has 0 spiro atoms. The fraction of sp³-hybridized carbons (Fsp3) is 0.721. The molecule has 2 N–H and O–H groups in total. The van der Waals surface area contributed by atoms with E-state index in [0.717, 1.165) is 131 Å². The molecule has 6 saturated carbocycles. The van der Waals surface area contributed by atoms with E-state index in [1.54, 1.807) is 41.5 Å². The second-order valence-corrected chi connectivity index (χ2v) is 62.1. The summed E-state index contributed by atoms with van der Waals surface area (Å²) in [5.41, 5.74) is 16.9. The van der Waals surface area contributed by atoms with Crippen LogP contribution in [0.15, 0.2) is 146 Å². The summed E-state index contributed by atoms with van der Waals surface area (Å²) < 4.78 is 109. The normalized spacial score (nSPS) is 22.6. The molecule has 1 heterocycles. The van der Waals surface area contributed by atoms with Gasteiger partial charge in [0.15, 0.2) is 29.5 Å². The van der Waals surface area contributed by atoms with Crippen LogP contribution in [0.25, 0.3) is 0 Å². The van der Waals surface area contributed by atoms with Crippen LogP contribution >= 0.6 is 0 Å². The second kappa shape index (κ2) is 69.9. The van der Waals surface area contributed by atoms with Crippen LogP contribution in [-0.4, -0.2) is 156 Å². The molecule has 13 rings (SSSR count). The summed E-state index contributed by atoms with van der Waals surface area (Å²) in [6.45, 7) is 40.7. The Bertz CT molecular complexity index is 4880. The van der Waals surface area contributed by atoms with E-state index in [0.29, 0.717) is 80.6 Å². The molecule has 3 atom stereocenters. The molecule has 14 nitrogen and oxygen atoms in total. The lowest BCUT2D eigenvalue weighted by Crippen LogP contribution is -2.35. The summed E-state index contributed by atoms with van der Waals surface area (Å²) in [7, 11) is -6.40. The lowest BCUT2D eigenvalue weighted by Gasteiger charge is -2.29. The van der Waals surface area contributed by atoms with Crippen LogP contribution in [0.3, 0.4) is 0 Å². The predicted octanol–water partition coefficient (Wildman–Crippen LogP) is 30.2. The second-order valence-electron chi connectivity index (χ2n) is 48.2. The van der Waals surface area contributed by atoms with Gasteiger partial charge < -0.3 is 25.3 Å². The third-order valence-electron chi connectivity index (χ3n) is 34.2. The highest BCUT2D eigenvalue weighted by Crippen LogP contribution is 2.39. The molecular formula is C129H213N5O9S6. The van der Waals surface area contributed by atoms with Gasteiger partial charge >= 0.3 is 0 Å². The average molecular weight is 2170 g/mol. The molecule has 0 aromatic heterocycles. The molecule has 6 aromatic carbocycles. The van der Waals surface area contributed by atoms with Crippen LogP contribution in [0.5, 0.6) is 0 Å². The Hall–Kier alpha value is -5.06. The highest BCUT2D eigenvalue weighted by Gasteiger charge is 2.33. The molecule has 149 heavy (non-hydrogen) atoms. The Kier molecular flexibility index (Phi) is 60.6. The van der Waals surface area contributed by atoms with Crippen LogP contribution in [0.2, 0.25) is 0 Å². The number of anilines is 3. The fourth-order valence-electron chi connectivity index (χ4n) is 22.8. The lowest BCUT2D eigenvalue weighted by atomic mass is 9.80.